The van der Waals surface area contributed by atoms with E-state index in [4.69, 9.17) is 16.3 Å². The Hall–Kier alpha value is -2.87. The maximum atomic E-state index is 13.2. The zero-order chi connectivity index (χ0) is 24.1. The van der Waals surface area contributed by atoms with Gasteiger partial charge in [0.05, 0.1) is 33.7 Å². The molecule has 2 aromatic carbocycles. The van der Waals surface area contributed by atoms with Gasteiger partial charge < -0.3 is 19.9 Å². The second-order valence-electron chi connectivity index (χ2n) is 7.92. The standard InChI is InChI=1S/C26H28ClN3O3S/c1-3-29(4-2)25(32)20-11-10-19(16-22(20)27)28-24(31)23-17-21(18-8-6-5-7-9-18)26(34-23)30-12-14-33-15-13-30/h5-11,16-17H,3-4,12-15H2,1-2H3,(H,28,31). The van der Waals surface area contributed by atoms with E-state index in [1.54, 1.807) is 23.1 Å². The molecule has 0 spiro atoms. The van der Waals surface area contributed by atoms with Crippen molar-refractivity contribution in [3.8, 4) is 11.1 Å². The molecule has 0 bridgehead atoms. The predicted molar refractivity (Wildman–Crippen MR) is 139 cm³/mol. The fourth-order valence-corrected chi connectivity index (χ4v) is 5.35. The van der Waals surface area contributed by atoms with Gasteiger partial charge in [-0.05, 0) is 43.7 Å². The van der Waals surface area contributed by atoms with Crippen LogP contribution in [0.4, 0.5) is 10.7 Å². The van der Waals surface area contributed by atoms with Crippen LogP contribution in [0.15, 0.2) is 54.6 Å². The summed E-state index contributed by atoms with van der Waals surface area (Å²) in [5, 5.41) is 4.32. The number of nitrogens with zero attached hydrogens (tertiary/aromatic N) is 2. The van der Waals surface area contributed by atoms with Crippen LogP contribution in [0.3, 0.4) is 0 Å². The van der Waals surface area contributed by atoms with Gasteiger partial charge >= 0.3 is 0 Å². The highest BCUT2D eigenvalue weighted by molar-refractivity contribution is 7.18. The van der Waals surface area contributed by atoms with Gasteiger partial charge in [-0.25, -0.2) is 0 Å². The topological polar surface area (TPSA) is 61.9 Å². The van der Waals surface area contributed by atoms with E-state index in [2.05, 4.69) is 22.3 Å². The molecule has 0 unspecified atom stereocenters. The van der Waals surface area contributed by atoms with E-state index >= 15 is 0 Å². The molecule has 4 rings (SSSR count). The van der Waals surface area contributed by atoms with Crippen LogP contribution in [0.25, 0.3) is 11.1 Å². The number of benzene rings is 2. The number of carbonyl (C=O) groups excluding carboxylic acids is 2. The number of morpholine rings is 1. The molecule has 2 heterocycles. The van der Waals surface area contributed by atoms with Crippen LogP contribution >= 0.6 is 22.9 Å². The van der Waals surface area contributed by atoms with Crippen LogP contribution in [0, 0.1) is 0 Å². The Morgan fingerprint density at radius 1 is 1.06 bits per heavy atom. The SMILES string of the molecule is CCN(CC)C(=O)c1ccc(NC(=O)c2cc(-c3ccccc3)c(N3CCOCC3)s2)cc1Cl. The number of hydrogen-bond acceptors (Lipinski definition) is 5. The zero-order valence-electron chi connectivity index (χ0n) is 19.3. The molecule has 178 valence electrons. The fraction of sp³-hybridized carbons (Fsp3) is 0.308. The number of nitrogens with one attached hydrogen (secondary N) is 1. The summed E-state index contributed by atoms with van der Waals surface area (Å²) >= 11 is 7.88. The summed E-state index contributed by atoms with van der Waals surface area (Å²) < 4.78 is 5.51. The van der Waals surface area contributed by atoms with Crippen molar-refractivity contribution < 1.29 is 14.3 Å². The third-order valence-electron chi connectivity index (χ3n) is 5.83. The van der Waals surface area contributed by atoms with Crippen LogP contribution in [0.5, 0.6) is 0 Å². The van der Waals surface area contributed by atoms with Gasteiger partial charge in [0.2, 0.25) is 0 Å². The fourth-order valence-electron chi connectivity index (χ4n) is 3.96. The number of ether oxygens (including phenoxy) is 1. The van der Waals surface area contributed by atoms with Crippen LogP contribution in [-0.2, 0) is 4.74 Å². The summed E-state index contributed by atoms with van der Waals surface area (Å²) in [5.41, 5.74) is 3.09. The third-order valence-corrected chi connectivity index (χ3v) is 7.33. The molecular weight excluding hydrogens is 470 g/mol. The number of anilines is 2. The molecule has 0 aliphatic carbocycles. The molecule has 0 radical (unpaired) electrons. The quantitative estimate of drug-likeness (QED) is 0.459. The van der Waals surface area contributed by atoms with E-state index in [-0.39, 0.29) is 11.8 Å². The summed E-state index contributed by atoms with van der Waals surface area (Å²) in [5.74, 6) is -0.325. The molecule has 1 aliphatic heterocycles. The van der Waals surface area contributed by atoms with Gasteiger partial charge in [-0.1, -0.05) is 41.9 Å². The molecular formula is C26H28ClN3O3S. The Balaban J connectivity index is 1.58. The molecule has 1 aliphatic rings. The van der Waals surface area contributed by atoms with Gasteiger partial charge in [0.15, 0.2) is 0 Å². The Bertz CT molecular complexity index is 1160. The van der Waals surface area contributed by atoms with Crippen molar-refractivity contribution in [2.75, 3.05) is 49.6 Å². The maximum Gasteiger partial charge on any atom is 0.265 e. The first-order valence-electron chi connectivity index (χ1n) is 11.4. The molecule has 0 atom stereocenters. The van der Waals surface area contributed by atoms with Crippen LogP contribution in [0.2, 0.25) is 5.02 Å². The Morgan fingerprint density at radius 3 is 2.41 bits per heavy atom. The van der Waals surface area contributed by atoms with E-state index in [0.29, 0.717) is 47.5 Å². The van der Waals surface area contributed by atoms with Gasteiger partial charge in [-0.3, -0.25) is 9.59 Å². The lowest BCUT2D eigenvalue weighted by Gasteiger charge is -2.28. The Morgan fingerprint density at radius 2 is 1.76 bits per heavy atom. The molecule has 3 aromatic rings. The van der Waals surface area contributed by atoms with E-state index in [1.165, 1.54) is 11.3 Å². The summed E-state index contributed by atoms with van der Waals surface area (Å²) in [6, 6.07) is 17.0. The number of rotatable bonds is 7. The van der Waals surface area contributed by atoms with Gasteiger partial charge in [0, 0.05) is 37.4 Å². The molecule has 1 fully saturated rings. The maximum absolute atomic E-state index is 13.2. The summed E-state index contributed by atoms with van der Waals surface area (Å²) in [6.07, 6.45) is 0. The lowest BCUT2D eigenvalue weighted by Crippen LogP contribution is -2.35. The van der Waals surface area contributed by atoms with Crippen LogP contribution < -0.4 is 10.2 Å². The highest BCUT2D eigenvalue weighted by Crippen LogP contribution is 2.39. The van der Waals surface area contributed by atoms with Crippen molar-refractivity contribution in [1.82, 2.24) is 4.90 Å². The average molecular weight is 498 g/mol. The van der Waals surface area contributed by atoms with Gasteiger partial charge in [-0.2, -0.15) is 0 Å². The number of halogens is 1. The van der Waals surface area contributed by atoms with Crippen molar-refractivity contribution >= 4 is 45.4 Å². The molecule has 1 N–H and O–H groups in total. The van der Waals surface area contributed by atoms with Crippen molar-refractivity contribution in [3.05, 3.63) is 70.1 Å². The van der Waals surface area contributed by atoms with Crippen molar-refractivity contribution in [2.45, 2.75) is 13.8 Å². The predicted octanol–water partition coefficient (Wildman–Crippen LogP) is 5.64. The molecule has 34 heavy (non-hydrogen) atoms. The molecule has 2 amide bonds. The van der Waals surface area contributed by atoms with Crippen molar-refractivity contribution in [3.63, 3.8) is 0 Å². The number of amides is 2. The smallest absolute Gasteiger partial charge is 0.265 e. The molecule has 1 aromatic heterocycles. The summed E-state index contributed by atoms with van der Waals surface area (Å²) in [7, 11) is 0. The number of hydrogen-bond donors (Lipinski definition) is 1. The first kappa shape index (κ1) is 24.3. The van der Waals surface area contributed by atoms with E-state index in [0.717, 1.165) is 29.2 Å². The second-order valence-corrected chi connectivity index (χ2v) is 9.36. The van der Waals surface area contributed by atoms with Crippen LogP contribution in [-0.4, -0.2) is 56.1 Å². The number of thiophene rings is 1. The first-order valence-corrected chi connectivity index (χ1v) is 12.6. The largest absolute Gasteiger partial charge is 0.378 e. The lowest BCUT2D eigenvalue weighted by atomic mass is 10.1. The highest BCUT2D eigenvalue weighted by atomic mass is 35.5. The van der Waals surface area contributed by atoms with Crippen molar-refractivity contribution in [1.29, 1.82) is 0 Å². The molecule has 1 saturated heterocycles. The van der Waals surface area contributed by atoms with Crippen molar-refractivity contribution in [2.24, 2.45) is 0 Å². The normalized spacial score (nSPS) is 13.6. The van der Waals surface area contributed by atoms with Crippen LogP contribution in [0.1, 0.15) is 33.9 Å². The minimum Gasteiger partial charge on any atom is -0.378 e. The first-order chi connectivity index (χ1) is 16.5. The monoisotopic (exact) mass is 497 g/mol. The van der Waals surface area contributed by atoms with E-state index in [1.807, 2.05) is 38.1 Å². The number of carbonyl (C=O) groups is 2. The van der Waals surface area contributed by atoms with Gasteiger partial charge in [-0.15, -0.1) is 11.3 Å². The van der Waals surface area contributed by atoms with Gasteiger partial charge in [0.25, 0.3) is 11.8 Å². The van der Waals surface area contributed by atoms with E-state index in [9.17, 15) is 9.59 Å². The average Bonchev–Trinajstić information content (AvgIpc) is 3.32. The molecule has 8 heteroatoms. The minimum absolute atomic E-state index is 0.117. The Labute approximate surface area is 209 Å². The van der Waals surface area contributed by atoms with Gasteiger partial charge in [0.1, 0.15) is 0 Å². The summed E-state index contributed by atoms with van der Waals surface area (Å²) in [6.45, 7) is 8.00. The third kappa shape index (κ3) is 5.27. The highest BCUT2D eigenvalue weighted by Gasteiger charge is 2.22. The molecule has 6 nitrogen and oxygen atoms in total. The minimum atomic E-state index is -0.208. The Kier molecular flexibility index (Phi) is 7.88. The lowest BCUT2D eigenvalue weighted by molar-refractivity contribution is 0.0773. The summed E-state index contributed by atoms with van der Waals surface area (Å²) in [4.78, 5) is 30.4. The second kappa shape index (κ2) is 11.0. The zero-order valence-corrected chi connectivity index (χ0v) is 20.9. The van der Waals surface area contributed by atoms with E-state index < -0.39 is 0 Å². The molecule has 0 saturated carbocycles.